The van der Waals surface area contributed by atoms with Gasteiger partial charge in [0.05, 0.1) is 12.2 Å². The van der Waals surface area contributed by atoms with E-state index in [0.717, 1.165) is 96.0 Å². The monoisotopic (exact) mass is 997 g/mol. The Balaban J connectivity index is -0.000000107. The van der Waals surface area contributed by atoms with Crippen molar-refractivity contribution in [3.63, 3.8) is 0 Å². The van der Waals surface area contributed by atoms with Crippen LogP contribution in [0.4, 0.5) is 0 Å². The molecule has 10 heteroatoms. The van der Waals surface area contributed by atoms with E-state index in [1.165, 1.54) is 43.8 Å². The van der Waals surface area contributed by atoms with E-state index in [9.17, 15) is 48.6 Å². The first kappa shape index (κ1) is 83.6. The Labute approximate surface area is 433 Å². The lowest BCUT2D eigenvalue weighted by Crippen LogP contribution is -2.18. The minimum atomic E-state index is -0.297. The highest BCUT2D eigenvalue weighted by Gasteiger charge is 2.14. The zero-order chi connectivity index (χ0) is 56.1. The molecule has 0 aliphatic heterocycles. The topological polar surface area (TPSA) is 177 Å². The van der Waals surface area contributed by atoms with Crippen LogP contribution in [0.1, 0.15) is 292 Å². The molecule has 0 radical (unpaired) electrons. The molecule has 4 atom stereocenters. The van der Waals surface area contributed by atoms with Crippen molar-refractivity contribution >= 4 is 47.3 Å². The number of hydrogen-bond donors (Lipinski definition) is 2. The number of ketones is 6. The van der Waals surface area contributed by atoms with Gasteiger partial charge in [0.25, 0.3) is 0 Å². The molecule has 4 unspecified atom stereocenters. The maximum Gasteiger partial charge on any atom is 0.130 e. The number of carbonyl (C=O) groups is 8. The molecule has 0 aliphatic rings. The number of allylic oxidation sites excluding steroid dienone is 4. The summed E-state index contributed by atoms with van der Waals surface area (Å²) in [6.45, 7) is 34.8. The molecule has 0 spiro atoms. The van der Waals surface area contributed by atoms with Gasteiger partial charge in [-0.3, -0.25) is 0 Å². The molecule has 416 valence electrons. The van der Waals surface area contributed by atoms with E-state index < -0.39 is 0 Å². The Morgan fingerprint density at radius 3 is 1.07 bits per heavy atom. The van der Waals surface area contributed by atoms with Crippen molar-refractivity contribution in [3.8, 4) is 0 Å². The van der Waals surface area contributed by atoms with Crippen LogP contribution in [0, 0.1) is 11.8 Å². The van der Waals surface area contributed by atoms with E-state index in [4.69, 9.17) is 0 Å². The molecule has 0 aliphatic carbocycles. The predicted molar refractivity (Wildman–Crippen MR) is 300 cm³/mol. The van der Waals surface area contributed by atoms with E-state index in [1.54, 1.807) is 34.6 Å². The normalized spacial score (nSPS) is 11.9. The maximum absolute atomic E-state index is 10.6. The third-order valence-corrected chi connectivity index (χ3v) is 10.3. The summed E-state index contributed by atoms with van der Waals surface area (Å²) in [4.78, 5) is 81.9. The Hall–Kier alpha value is -3.24. The first-order valence-electron chi connectivity index (χ1n) is 27.4. The molecule has 0 saturated heterocycles. The van der Waals surface area contributed by atoms with Crippen molar-refractivity contribution in [1.82, 2.24) is 0 Å². The summed E-state index contributed by atoms with van der Waals surface area (Å²) < 4.78 is 0. The fourth-order valence-electron chi connectivity index (χ4n) is 5.35. The minimum Gasteiger partial charge on any atom is -0.393 e. The fourth-order valence-corrected chi connectivity index (χ4v) is 5.35. The first-order chi connectivity index (χ1) is 32.8. The molecule has 2 N–H and O–H groups in total. The average Bonchev–Trinajstić information content (AvgIpc) is 3.29. The smallest absolute Gasteiger partial charge is 0.130 e. The van der Waals surface area contributed by atoms with Crippen molar-refractivity contribution in [2.45, 2.75) is 304 Å². The van der Waals surface area contributed by atoms with Gasteiger partial charge in [0, 0.05) is 51.4 Å². The molecular formula is C60H116O10. The highest BCUT2D eigenvalue weighted by atomic mass is 16.3. The summed E-state index contributed by atoms with van der Waals surface area (Å²) in [6, 6.07) is 0. The Morgan fingerprint density at radius 2 is 0.729 bits per heavy atom. The van der Waals surface area contributed by atoms with Gasteiger partial charge in [-0.2, -0.15) is 0 Å². The molecule has 0 heterocycles. The Morgan fingerprint density at radius 1 is 0.343 bits per heavy atom. The standard InChI is InChI=1S/2C10H20O2.2C10H18O.C6H10O2.C6H12O.C4H8O.C4H10/c1-4-5-10(12)8(2)6-7-9(3)11;1-4-5-8(2)10(12)7-6-9(3)11;1-4-6-9(2)7-5-8-10(3)11;1-4-5-6-9(2)7-8-10(3)11;1-6(8)4-2-3-5-7;1-3-4-5-6(2)7;1-2-3-4-5;1-3-4-2/h2*8,10,12H,4-7H2,1-3H3;7H,4-6,8H2,1-3H3;6H,4-5,7-8H2,1-3H3;5H,2-4H2,1H3;3-5H2,1-2H3;4H,2-3H2,1H3;3-4H2,1-2H3/b;;9-7+;9-6+;;;;. The highest BCUT2D eigenvalue weighted by Crippen LogP contribution is 2.16. The van der Waals surface area contributed by atoms with Gasteiger partial charge in [-0.05, 0) is 138 Å². The Bertz CT molecular complexity index is 1230. The molecule has 0 saturated carbocycles. The van der Waals surface area contributed by atoms with Crippen LogP contribution in [-0.4, -0.2) is 69.7 Å². The van der Waals surface area contributed by atoms with E-state index >= 15 is 0 Å². The molecule has 0 aromatic heterocycles. The Kier molecular flexibility index (Phi) is 83.6. The third-order valence-electron chi connectivity index (χ3n) is 10.3. The molecule has 10 nitrogen and oxygen atoms in total. The minimum absolute atomic E-state index is 0.159. The lowest BCUT2D eigenvalue weighted by Gasteiger charge is -2.17. The number of hydrogen-bond acceptors (Lipinski definition) is 10. The molecule has 0 aromatic rings. The van der Waals surface area contributed by atoms with E-state index in [0.29, 0.717) is 69.5 Å². The van der Waals surface area contributed by atoms with Gasteiger partial charge in [0.1, 0.15) is 47.3 Å². The number of rotatable bonds is 32. The van der Waals surface area contributed by atoms with Crippen molar-refractivity contribution in [3.05, 3.63) is 23.3 Å². The summed E-state index contributed by atoms with van der Waals surface area (Å²) in [5, 5.41) is 19.1. The second-order valence-electron chi connectivity index (χ2n) is 18.8. The van der Waals surface area contributed by atoms with Crippen molar-refractivity contribution < 1.29 is 48.6 Å². The van der Waals surface area contributed by atoms with E-state index in [1.807, 2.05) is 20.8 Å². The molecule has 70 heavy (non-hydrogen) atoms. The number of Topliss-reactive ketones (excluding diaryl/α,β-unsaturated/α-hetero) is 6. The predicted octanol–water partition coefficient (Wildman–Crippen LogP) is 16.0. The molecule has 0 bridgehead atoms. The first-order valence-corrected chi connectivity index (χ1v) is 27.4. The molecule has 0 fully saturated rings. The lowest BCUT2D eigenvalue weighted by molar-refractivity contribution is -0.118. The third kappa shape index (κ3) is 102. The van der Waals surface area contributed by atoms with Crippen LogP contribution in [0.25, 0.3) is 0 Å². The number of unbranched alkanes of at least 4 members (excludes halogenated alkanes) is 5. The average molecular weight is 998 g/mol. The van der Waals surface area contributed by atoms with Gasteiger partial charge in [0.15, 0.2) is 0 Å². The summed E-state index contributed by atoms with van der Waals surface area (Å²) in [6.07, 6.45) is 29.1. The molecule has 0 aromatic carbocycles. The van der Waals surface area contributed by atoms with Gasteiger partial charge >= 0.3 is 0 Å². The highest BCUT2D eigenvalue weighted by molar-refractivity contribution is 5.77. The molecule has 0 rings (SSSR count). The molecular weight excluding hydrogens is 881 g/mol. The fraction of sp³-hybridized carbons (Fsp3) is 0.800. The van der Waals surface area contributed by atoms with Crippen LogP contribution in [-0.2, 0) is 38.4 Å². The zero-order valence-electron chi connectivity index (χ0n) is 49.2. The lowest BCUT2D eigenvalue weighted by atomic mass is 9.95. The second kappa shape index (κ2) is 70.0. The van der Waals surface area contributed by atoms with Gasteiger partial charge in [-0.15, -0.1) is 0 Å². The second-order valence-corrected chi connectivity index (χ2v) is 18.8. The zero-order valence-corrected chi connectivity index (χ0v) is 49.2. The van der Waals surface area contributed by atoms with Gasteiger partial charge < -0.3 is 48.6 Å². The molecule has 0 amide bonds. The van der Waals surface area contributed by atoms with Crippen LogP contribution < -0.4 is 0 Å². The van der Waals surface area contributed by atoms with E-state index in [-0.39, 0.29) is 47.0 Å². The van der Waals surface area contributed by atoms with Crippen LogP contribution in [0.3, 0.4) is 0 Å². The largest absolute Gasteiger partial charge is 0.393 e. The van der Waals surface area contributed by atoms with Crippen molar-refractivity contribution in [2.75, 3.05) is 0 Å². The summed E-state index contributed by atoms with van der Waals surface area (Å²) in [5.74, 6) is 2.00. The van der Waals surface area contributed by atoms with Gasteiger partial charge in [-0.25, -0.2) is 0 Å². The van der Waals surface area contributed by atoms with Crippen LogP contribution in [0.5, 0.6) is 0 Å². The van der Waals surface area contributed by atoms with Crippen LogP contribution in [0.2, 0.25) is 0 Å². The number of aliphatic hydroxyl groups is 2. The summed E-state index contributed by atoms with van der Waals surface area (Å²) in [7, 11) is 0. The van der Waals surface area contributed by atoms with Gasteiger partial charge in [-0.1, -0.05) is 137 Å². The number of aldehydes is 2. The summed E-state index contributed by atoms with van der Waals surface area (Å²) >= 11 is 0. The number of carbonyl (C=O) groups excluding carboxylic acids is 8. The maximum atomic E-state index is 10.6. The van der Waals surface area contributed by atoms with Crippen molar-refractivity contribution in [2.24, 2.45) is 11.8 Å². The SMILES string of the molecule is CC(=O)CCCC=O.CCC/C(C)=C/CCC(C)=O.CCC/C=C(\C)CCC(C)=O.CCCC.CCCC(C)C(O)CCC(C)=O.CCCC(O)C(C)CCC(C)=O.CCCC=O.CCCCC(C)=O. The van der Waals surface area contributed by atoms with E-state index in [2.05, 4.69) is 74.5 Å². The van der Waals surface area contributed by atoms with Crippen LogP contribution in [0.15, 0.2) is 23.3 Å². The quantitative estimate of drug-likeness (QED) is 0.0374. The van der Waals surface area contributed by atoms with Crippen molar-refractivity contribution in [1.29, 1.82) is 0 Å². The van der Waals surface area contributed by atoms with Gasteiger partial charge in [0.2, 0.25) is 0 Å². The summed E-state index contributed by atoms with van der Waals surface area (Å²) in [5.41, 5.74) is 2.76. The van der Waals surface area contributed by atoms with Crippen LogP contribution >= 0.6 is 0 Å². The number of aliphatic hydroxyl groups excluding tert-OH is 2.